The molecule has 4 heteroatoms. The standard InChI is InChI=1S/C10H17NO2.H3P/c1-3-5-7-8-11-10(12)13-9-6-4-2;/h2H,3,5-9H2,1H3,(H,11,12);1H3. The molecule has 0 spiro atoms. The molecule has 3 nitrogen and oxygen atoms in total. The third-order valence-electron chi connectivity index (χ3n) is 1.53. The van der Waals surface area contributed by atoms with Crippen molar-refractivity contribution in [2.75, 3.05) is 13.2 Å². The molecule has 1 amide bonds. The predicted molar refractivity (Wildman–Crippen MR) is 63.4 cm³/mol. The summed E-state index contributed by atoms with van der Waals surface area (Å²) in [7, 11) is 0. The number of rotatable bonds is 6. The van der Waals surface area contributed by atoms with Gasteiger partial charge in [0.05, 0.1) is 0 Å². The summed E-state index contributed by atoms with van der Waals surface area (Å²) < 4.78 is 4.77. The molecule has 1 atom stereocenters. The minimum atomic E-state index is -0.369. The van der Waals surface area contributed by atoms with Gasteiger partial charge in [0.15, 0.2) is 0 Å². The van der Waals surface area contributed by atoms with E-state index in [0.717, 1.165) is 19.3 Å². The van der Waals surface area contributed by atoms with Crippen molar-refractivity contribution in [1.29, 1.82) is 0 Å². The van der Waals surface area contributed by atoms with Gasteiger partial charge in [-0.25, -0.2) is 4.79 Å². The topological polar surface area (TPSA) is 38.3 Å². The predicted octanol–water partition coefficient (Wildman–Crippen LogP) is 1.98. The van der Waals surface area contributed by atoms with Crippen LogP contribution in [0.5, 0.6) is 0 Å². The van der Waals surface area contributed by atoms with Crippen molar-refractivity contribution in [3.05, 3.63) is 0 Å². The molecule has 0 rings (SSSR count). The first-order chi connectivity index (χ1) is 6.31. The van der Waals surface area contributed by atoms with Gasteiger partial charge in [-0.2, -0.15) is 9.90 Å². The molecule has 0 aromatic rings. The second kappa shape index (κ2) is 12.3. The molecule has 0 aliphatic carbocycles. The summed E-state index contributed by atoms with van der Waals surface area (Å²) >= 11 is 0. The van der Waals surface area contributed by atoms with Gasteiger partial charge in [0, 0.05) is 13.0 Å². The summed E-state index contributed by atoms with van der Waals surface area (Å²) in [6, 6.07) is 0. The van der Waals surface area contributed by atoms with Gasteiger partial charge in [0.2, 0.25) is 0 Å². The molecular formula is C10H20NO2P. The lowest BCUT2D eigenvalue weighted by atomic mass is 10.2. The Morgan fingerprint density at radius 2 is 2.21 bits per heavy atom. The van der Waals surface area contributed by atoms with Crippen LogP contribution in [0, 0.1) is 12.3 Å². The zero-order valence-corrected chi connectivity index (χ0v) is 10.3. The summed E-state index contributed by atoms with van der Waals surface area (Å²) in [5, 5.41) is 2.65. The number of nitrogens with one attached hydrogen (secondary N) is 1. The molecule has 0 bridgehead atoms. The van der Waals surface area contributed by atoms with E-state index in [1.807, 2.05) is 0 Å². The lowest BCUT2D eigenvalue weighted by molar-refractivity contribution is 0.148. The van der Waals surface area contributed by atoms with Crippen molar-refractivity contribution in [2.45, 2.75) is 32.6 Å². The summed E-state index contributed by atoms with van der Waals surface area (Å²) in [6.45, 7) is 3.10. The minimum absolute atomic E-state index is 0. The molecule has 82 valence electrons. The van der Waals surface area contributed by atoms with E-state index in [9.17, 15) is 4.79 Å². The number of terminal acetylenes is 1. The van der Waals surface area contributed by atoms with Crippen LogP contribution in [0.3, 0.4) is 0 Å². The number of alkyl carbamates (subject to hydrolysis) is 1. The van der Waals surface area contributed by atoms with E-state index >= 15 is 0 Å². The first-order valence-corrected chi connectivity index (χ1v) is 4.65. The molecular weight excluding hydrogens is 197 g/mol. The molecule has 0 saturated carbocycles. The Morgan fingerprint density at radius 3 is 2.79 bits per heavy atom. The van der Waals surface area contributed by atoms with Crippen LogP contribution in [0.1, 0.15) is 32.6 Å². The van der Waals surface area contributed by atoms with Gasteiger partial charge in [0.25, 0.3) is 0 Å². The first-order valence-electron chi connectivity index (χ1n) is 4.65. The molecule has 0 aromatic carbocycles. The Labute approximate surface area is 89.6 Å². The number of hydrogen-bond donors (Lipinski definition) is 1. The maximum atomic E-state index is 10.9. The Kier molecular flexibility index (Phi) is 13.8. The quantitative estimate of drug-likeness (QED) is 0.420. The molecule has 0 saturated heterocycles. The van der Waals surface area contributed by atoms with Gasteiger partial charge >= 0.3 is 6.09 Å². The van der Waals surface area contributed by atoms with E-state index in [-0.39, 0.29) is 16.0 Å². The van der Waals surface area contributed by atoms with Crippen LogP contribution >= 0.6 is 9.90 Å². The van der Waals surface area contributed by atoms with Crippen molar-refractivity contribution in [3.63, 3.8) is 0 Å². The third-order valence-corrected chi connectivity index (χ3v) is 1.53. The largest absolute Gasteiger partial charge is 0.449 e. The van der Waals surface area contributed by atoms with E-state index < -0.39 is 0 Å². The highest BCUT2D eigenvalue weighted by Crippen LogP contribution is 1.91. The molecule has 0 aliphatic rings. The third kappa shape index (κ3) is 11.3. The van der Waals surface area contributed by atoms with Crippen LogP contribution in [0.15, 0.2) is 0 Å². The fourth-order valence-electron chi connectivity index (χ4n) is 0.819. The fraction of sp³-hybridized carbons (Fsp3) is 0.700. The van der Waals surface area contributed by atoms with E-state index in [4.69, 9.17) is 11.2 Å². The van der Waals surface area contributed by atoms with Crippen molar-refractivity contribution >= 4 is 16.0 Å². The Morgan fingerprint density at radius 1 is 1.50 bits per heavy atom. The molecule has 0 aromatic heterocycles. The van der Waals surface area contributed by atoms with Crippen molar-refractivity contribution in [3.8, 4) is 12.3 Å². The highest BCUT2D eigenvalue weighted by atomic mass is 31.0. The molecule has 0 aliphatic heterocycles. The van der Waals surface area contributed by atoms with E-state index in [2.05, 4.69) is 18.2 Å². The number of hydrogen-bond acceptors (Lipinski definition) is 2. The lowest BCUT2D eigenvalue weighted by Gasteiger charge is -2.04. The Hall–Kier alpha value is -0.740. The Balaban J connectivity index is 0. The number of amides is 1. The molecule has 0 heterocycles. The highest BCUT2D eigenvalue weighted by Gasteiger charge is 1.98. The molecule has 14 heavy (non-hydrogen) atoms. The van der Waals surface area contributed by atoms with Crippen molar-refractivity contribution < 1.29 is 9.53 Å². The van der Waals surface area contributed by atoms with Gasteiger partial charge in [-0.15, -0.1) is 12.3 Å². The molecule has 0 fully saturated rings. The number of unbranched alkanes of at least 4 members (excludes halogenated alkanes) is 2. The van der Waals surface area contributed by atoms with E-state index in [0.29, 0.717) is 19.6 Å². The summed E-state index contributed by atoms with van der Waals surface area (Å²) in [6.07, 6.45) is 8.38. The monoisotopic (exact) mass is 217 g/mol. The van der Waals surface area contributed by atoms with Crippen LogP contribution in [0.25, 0.3) is 0 Å². The second-order valence-corrected chi connectivity index (χ2v) is 2.72. The maximum absolute atomic E-state index is 10.9. The number of carbonyl (C=O) groups excluding carboxylic acids is 1. The molecule has 1 N–H and O–H groups in total. The van der Waals surface area contributed by atoms with Crippen molar-refractivity contribution in [2.24, 2.45) is 0 Å². The number of carbonyl (C=O) groups is 1. The summed E-state index contributed by atoms with van der Waals surface area (Å²) in [4.78, 5) is 10.9. The normalized spacial score (nSPS) is 8.29. The first kappa shape index (κ1) is 15.7. The average Bonchev–Trinajstić information content (AvgIpc) is 2.13. The maximum Gasteiger partial charge on any atom is 0.407 e. The lowest BCUT2D eigenvalue weighted by Crippen LogP contribution is -2.25. The zero-order valence-electron chi connectivity index (χ0n) is 8.84. The van der Waals surface area contributed by atoms with Gasteiger partial charge in [-0.05, 0) is 6.42 Å². The highest BCUT2D eigenvalue weighted by molar-refractivity contribution is 6.92. The zero-order chi connectivity index (χ0) is 9.94. The second-order valence-electron chi connectivity index (χ2n) is 2.72. The van der Waals surface area contributed by atoms with Gasteiger partial charge < -0.3 is 10.1 Å². The van der Waals surface area contributed by atoms with Crippen molar-refractivity contribution in [1.82, 2.24) is 5.32 Å². The van der Waals surface area contributed by atoms with E-state index in [1.165, 1.54) is 0 Å². The average molecular weight is 217 g/mol. The van der Waals surface area contributed by atoms with Crippen LogP contribution < -0.4 is 5.32 Å². The SMILES string of the molecule is C#CCCOC(=O)NCCCCC.P. The molecule has 1 unspecified atom stereocenters. The summed E-state index contributed by atoms with van der Waals surface area (Å²) in [5.74, 6) is 2.39. The van der Waals surface area contributed by atoms with Gasteiger partial charge in [0.1, 0.15) is 6.61 Å². The number of ether oxygens (including phenoxy) is 1. The smallest absolute Gasteiger partial charge is 0.407 e. The van der Waals surface area contributed by atoms with Crippen LogP contribution in [-0.4, -0.2) is 19.2 Å². The van der Waals surface area contributed by atoms with Crippen LogP contribution in [0.4, 0.5) is 4.79 Å². The molecule has 0 radical (unpaired) electrons. The fourth-order valence-corrected chi connectivity index (χ4v) is 0.819. The van der Waals surface area contributed by atoms with E-state index in [1.54, 1.807) is 0 Å². The van der Waals surface area contributed by atoms with Crippen LogP contribution in [0.2, 0.25) is 0 Å². The Bertz CT molecular complexity index is 177. The summed E-state index contributed by atoms with van der Waals surface area (Å²) in [5.41, 5.74) is 0. The van der Waals surface area contributed by atoms with Crippen LogP contribution in [-0.2, 0) is 4.74 Å². The van der Waals surface area contributed by atoms with Gasteiger partial charge in [-0.3, -0.25) is 0 Å². The van der Waals surface area contributed by atoms with Gasteiger partial charge in [-0.1, -0.05) is 19.8 Å². The minimum Gasteiger partial charge on any atom is -0.449 e.